The molecule has 72 valence electrons. The second-order valence-corrected chi connectivity index (χ2v) is 3.86. The molecule has 1 aromatic heterocycles. The standard InChI is InChI=1S/C12H11BrO/c13-8-4-3-5-10-9-14-12-7-2-1-6-11(10)12/h1-3,5-7,9H,4,8H2. The highest BCUT2D eigenvalue weighted by atomic mass is 79.9. The third kappa shape index (κ3) is 1.90. The molecule has 0 amide bonds. The van der Waals surface area contributed by atoms with Crippen LogP contribution in [0.3, 0.4) is 0 Å². The maximum Gasteiger partial charge on any atom is 0.134 e. The molecule has 0 N–H and O–H groups in total. The molecule has 0 aliphatic rings. The van der Waals surface area contributed by atoms with Crippen molar-refractivity contribution in [1.82, 2.24) is 0 Å². The minimum atomic E-state index is 0.950. The Hall–Kier alpha value is -1.02. The van der Waals surface area contributed by atoms with E-state index in [0.29, 0.717) is 0 Å². The third-order valence-electron chi connectivity index (χ3n) is 2.08. The number of para-hydroxylation sites is 1. The molecule has 2 aromatic rings. The van der Waals surface area contributed by atoms with E-state index in [4.69, 9.17) is 4.42 Å². The molecule has 2 rings (SSSR count). The van der Waals surface area contributed by atoms with Crippen LogP contribution < -0.4 is 0 Å². The van der Waals surface area contributed by atoms with Crippen molar-refractivity contribution in [2.75, 3.05) is 5.33 Å². The minimum Gasteiger partial charge on any atom is -0.464 e. The summed E-state index contributed by atoms with van der Waals surface area (Å²) in [5, 5.41) is 2.18. The predicted molar refractivity (Wildman–Crippen MR) is 63.7 cm³/mol. The summed E-state index contributed by atoms with van der Waals surface area (Å²) in [4.78, 5) is 0. The lowest BCUT2D eigenvalue weighted by Crippen LogP contribution is -1.69. The van der Waals surface area contributed by atoms with E-state index < -0.39 is 0 Å². The Labute approximate surface area is 91.5 Å². The number of allylic oxidation sites excluding steroid dienone is 1. The largest absolute Gasteiger partial charge is 0.464 e. The molecule has 0 bridgehead atoms. The zero-order valence-electron chi connectivity index (χ0n) is 7.74. The second kappa shape index (κ2) is 4.47. The molecule has 1 aromatic carbocycles. The van der Waals surface area contributed by atoms with E-state index in [1.807, 2.05) is 18.2 Å². The number of rotatable bonds is 3. The van der Waals surface area contributed by atoms with Crippen LogP contribution in [0.4, 0.5) is 0 Å². The molecule has 0 radical (unpaired) electrons. The molecule has 0 saturated heterocycles. The molecule has 0 unspecified atom stereocenters. The van der Waals surface area contributed by atoms with Crippen molar-refractivity contribution in [2.45, 2.75) is 6.42 Å². The van der Waals surface area contributed by atoms with E-state index in [1.54, 1.807) is 6.26 Å². The minimum absolute atomic E-state index is 0.950. The average Bonchev–Trinajstić information content (AvgIpc) is 2.63. The van der Waals surface area contributed by atoms with Crippen molar-refractivity contribution in [3.05, 3.63) is 42.2 Å². The van der Waals surface area contributed by atoms with Gasteiger partial charge in [-0.25, -0.2) is 0 Å². The summed E-state index contributed by atoms with van der Waals surface area (Å²) in [6.07, 6.45) is 7.09. The van der Waals surface area contributed by atoms with Crippen LogP contribution in [0.1, 0.15) is 12.0 Å². The van der Waals surface area contributed by atoms with Crippen molar-refractivity contribution in [2.24, 2.45) is 0 Å². The van der Waals surface area contributed by atoms with Gasteiger partial charge in [0.1, 0.15) is 5.58 Å². The third-order valence-corrected chi connectivity index (χ3v) is 2.54. The smallest absolute Gasteiger partial charge is 0.134 e. The highest BCUT2D eigenvalue weighted by molar-refractivity contribution is 9.09. The summed E-state index contributed by atoms with van der Waals surface area (Å²) in [5.74, 6) is 0. The van der Waals surface area contributed by atoms with Gasteiger partial charge in [-0.15, -0.1) is 0 Å². The Morgan fingerprint density at radius 1 is 1.29 bits per heavy atom. The molecule has 14 heavy (non-hydrogen) atoms. The lowest BCUT2D eigenvalue weighted by Gasteiger charge is -1.88. The molecule has 1 nitrogen and oxygen atoms in total. The van der Waals surface area contributed by atoms with Gasteiger partial charge >= 0.3 is 0 Å². The van der Waals surface area contributed by atoms with Crippen LogP contribution in [0.5, 0.6) is 0 Å². The lowest BCUT2D eigenvalue weighted by molar-refractivity contribution is 0.615. The quantitative estimate of drug-likeness (QED) is 0.744. The van der Waals surface area contributed by atoms with Gasteiger partial charge in [0.25, 0.3) is 0 Å². The summed E-state index contributed by atoms with van der Waals surface area (Å²) in [5.41, 5.74) is 2.10. The Morgan fingerprint density at radius 3 is 3.00 bits per heavy atom. The predicted octanol–water partition coefficient (Wildman–Crippen LogP) is 4.23. The molecule has 0 aliphatic carbocycles. The van der Waals surface area contributed by atoms with Gasteiger partial charge in [-0.3, -0.25) is 0 Å². The van der Waals surface area contributed by atoms with Crippen LogP contribution in [0.25, 0.3) is 17.0 Å². The van der Waals surface area contributed by atoms with Gasteiger partial charge in [-0.2, -0.15) is 0 Å². The average molecular weight is 251 g/mol. The monoisotopic (exact) mass is 250 g/mol. The number of benzene rings is 1. The first-order chi connectivity index (χ1) is 6.92. The number of fused-ring (bicyclic) bond motifs is 1. The summed E-state index contributed by atoms with van der Waals surface area (Å²) < 4.78 is 5.42. The van der Waals surface area contributed by atoms with Gasteiger partial charge in [-0.05, 0) is 12.5 Å². The summed E-state index contributed by atoms with van der Waals surface area (Å²) in [6, 6.07) is 8.07. The fourth-order valence-corrected chi connectivity index (χ4v) is 1.67. The Balaban J connectivity index is 2.34. The van der Waals surface area contributed by atoms with Crippen molar-refractivity contribution in [3.63, 3.8) is 0 Å². The molecular formula is C12H11BrO. The Morgan fingerprint density at radius 2 is 2.14 bits per heavy atom. The van der Waals surface area contributed by atoms with Gasteiger partial charge in [0.15, 0.2) is 0 Å². The number of furan rings is 1. The summed E-state index contributed by atoms with van der Waals surface area (Å²) in [7, 11) is 0. The highest BCUT2D eigenvalue weighted by Crippen LogP contribution is 2.21. The topological polar surface area (TPSA) is 13.1 Å². The second-order valence-electron chi connectivity index (χ2n) is 3.07. The first kappa shape index (κ1) is 9.53. The van der Waals surface area contributed by atoms with Crippen LogP contribution in [-0.2, 0) is 0 Å². The first-order valence-electron chi connectivity index (χ1n) is 4.60. The molecule has 0 spiro atoms. The van der Waals surface area contributed by atoms with Crippen LogP contribution in [0.2, 0.25) is 0 Å². The zero-order chi connectivity index (χ0) is 9.80. The van der Waals surface area contributed by atoms with E-state index >= 15 is 0 Å². The molecule has 0 saturated carbocycles. The molecule has 2 heteroatoms. The van der Waals surface area contributed by atoms with Crippen LogP contribution >= 0.6 is 15.9 Å². The van der Waals surface area contributed by atoms with Crippen LogP contribution in [0.15, 0.2) is 41.0 Å². The normalized spacial score (nSPS) is 11.5. The molecule has 0 fully saturated rings. The van der Waals surface area contributed by atoms with Gasteiger partial charge in [0.2, 0.25) is 0 Å². The number of halogens is 1. The Bertz CT molecular complexity index is 442. The van der Waals surface area contributed by atoms with Crippen LogP contribution in [-0.4, -0.2) is 5.33 Å². The first-order valence-corrected chi connectivity index (χ1v) is 5.72. The number of hydrogen-bond donors (Lipinski definition) is 0. The zero-order valence-corrected chi connectivity index (χ0v) is 9.33. The van der Waals surface area contributed by atoms with Crippen molar-refractivity contribution in [3.8, 4) is 0 Å². The summed E-state index contributed by atoms with van der Waals surface area (Å²) >= 11 is 3.39. The van der Waals surface area contributed by atoms with Crippen molar-refractivity contribution >= 4 is 33.0 Å². The lowest BCUT2D eigenvalue weighted by atomic mass is 10.1. The van der Waals surface area contributed by atoms with E-state index in [9.17, 15) is 0 Å². The van der Waals surface area contributed by atoms with Crippen LogP contribution in [0, 0.1) is 0 Å². The van der Waals surface area contributed by atoms with Gasteiger partial charge in [-0.1, -0.05) is 46.3 Å². The maximum absolute atomic E-state index is 5.42. The van der Waals surface area contributed by atoms with E-state index in [2.05, 4.69) is 34.1 Å². The van der Waals surface area contributed by atoms with E-state index in [0.717, 1.165) is 22.9 Å². The molecule has 0 atom stereocenters. The SMILES string of the molecule is BrCCC=Cc1coc2ccccc12. The highest BCUT2D eigenvalue weighted by Gasteiger charge is 2.00. The van der Waals surface area contributed by atoms with E-state index in [-0.39, 0.29) is 0 Å². The van der Waals surface area contributed by atoms with Crippen molar-refractivity contribution in [1.29, 1.82) is 0 Å². The number of hydrogen-bond acceptors (Lipinski definition) is 1. The van der Waals surface area contributed by atoms with Gasteiger partial charge < -0.3 is 4.42 Å². The molecule has 1 heterocycles. The van der Waals surface area contributed by atoms with Gasteiger partial charge in [0.05, 0.1) is 6.26 Å². The van der Waals surface area contributed by atoms with Gasteiger partial charge in [0, 0.05) is 16.3 Å². The number of alkyl halides is 1. The fourth-order valence-electron chi connectivity index (χ4n) is 1.40. The van der Waals surface area contributed by atoms with Crippen molar-refractivity contribution < 1.29 is 4.42 Å². The molecule has 0 aliphatic heterocycles. The molecular weight excluding hydrogens is 240 g/mol. The van der Waals surface area contributed by atoms with E-state index in [1.165, 1.54) is 5.39 Å². The fraction of sp³-hybridized carbons (Fsp3) is 0.167. The Kier molecular flexibility index (Phi) is 3.04. The maximum atomic E-state index is 5.42. The summed E-state index contributed by atoms with van der Waals surface area (Å²) in [6.45, 7) is 0.